The number of hydrogen-bond donors (Lipinski definition) is 1. The molecule has 0 aliphatic rings. The van der Waals surface area contributed by atoms with Gasteiger partial charge >= 0.3 is 0 Å². The van der Waals surface area contributed by atoms with E-state index in [1.165, 1.54) is 0 Å². The minimum atomic E-state index is -0.106. The number of ether oxygens (including phenoxy) is 1. The predicted octanol–water partition coefficient (Wildman–Crippen LogP) is 3.38. The van der Waals surface area contributed by atoms with E-state index in [0.29, 0.717) is 6.54 Å². The minimum absolute atomic E-state index is 0.106. The van der Waals surface area contributed by atoms with Gasteiger partial charge in [0.1, 0.15) is 11.9 Å². The van der Waals surface area contributed by atoms with Crippen molar-refractivity contribution in [2.45, 2.75) is 6.10 Å². The van der Waals surface area contributed by atoms with Gasteiger partial charge in [0.2, 0.25) is 0 Å². The van der Waals surface area contributed by atoms with Crippen molar-refractivity contribution in [3.63, 3.8) is 0 Å². The Morgan fingerprint density at radius 1 is 1.16 bits per heavy atom. The van der Waals surface area contributed by atoms with Gasteiger partial charge in [0.05, 0.1) is 5.52 Å². The number of pyridine rings is 1. The maximum Gasteiger partial charge on any atom is 0.145 e. The summed E-state index contributed by atoms with van der Waals surface area (Å²) in [5, 5.41) is 3.05. The lowest BCUT2D eigenvalue weighted by Crippen LogP contribution is -2.17. The van der Waals surface area contributed by atoms with Gasteiger partial charge in [-0.2, -0.15) is 0 Å². The lowest BCUT2D eigenvalue weighted by molar-refractivity contribution is 0.221. The Morgan fingerprint density at radius 2 is 2.11 bits per heavy atom. The highest BCUT2D eigenvalue weighted by atomic mass is 32.1. The van der Waals surface area contributed by atoms with Crippen LogP contribution in [0.25, 0.3) is 10.9 Å². The summed E-state index contributed by atoms with van der Waals surface area (Å²) in [6.07, 6.45) is 1.68. The fourth-order valence-corrected chi connectivity index (χ4v) is 2.80. The van der Waals surface area contributed by atoms with Gasteiger partial charge in [-0.25, -0.2) is 0 Å². The average molecular weight is 270 g/mol. The summed E-state index contributed by atoms with van der Waals surface area (Å²) in [5.41, 5.74) is 6.75. The molecule has 96 valence electrons. The van der Waals surface area contributed by atoms with Gasteiger partial charge in [-0.3, -0.25) is 4.98 Å². The third-order valence-electron chi connectivity index (χ3n) is 2.95. The molecule has 1 unspecified atom stereocenters. The van der Waals surface area contributed by atoms with E-state index >= 15 is 0 Å². The molecule has 0 aliphatic carbocycles. The molecular weight excluding hydrogens is 256 g/mol. The lowest BCUT2D eigenvalue weighted by Gasteiger charge is -2.17. The highest BCUT2D eigenvalue weighted by molar-refractivity contribution is 7.10. The Bertz CT molecular complexity index is 661. The van der Waals surface area contributed by atoms with Crippen molar-refractivity contribution in [2.75, 3.05) is 6.54 Å². The van der Waals surface area contributed by atoms with E-state index in [2.05, 4.69) is 4.98 Å². The number of thiophene rings is 1. The molecule has 1 atom stereocenters. The van der Waals surface area contributed by atoms with Crippen molar-refractivity contribution < 1.29 is 4.74 Å². The molecule has 0 radical (unpaired) electrons. The average Bonchev–Trinajstić information content (AvgIpc) is 2.99. The number of rotatable bonds is 4. The van der Waals surface area contributed by atoms with Crippen LogP contribution in [0.5, 0.6) is 5.75 Å². The number of fused-ring (bicyclic) bond motifs is 1. The van der Waals surface area contributed by atoms with Crippen LogP contribution < -0.4 is 10.5 Å². The monoisotopic (exact) mass is 270 g/mol. The summed E-state index contributed by atoms with van der Waals surface area (Å²) in [6, 6.07) is 13.9. The standard InChI is InChI=1S/C15H14N2OS/c16-10-14(15-7-3-9-19-15)18-13-6-1-5-12-11(13)4-2-8-17-12/h1-9,14H,10,16H2. The van der Waals surface area contributed by atoms with E-state index in [-0.39, 0.29) is 6.10 Å². The topological polar surface area (TPSA) is 48.1 Å². The highest BCUT2D eigenvalue weighted by Crippen LogP contribution is 2.29. The number of nitrogens with zero attached hydrogens (tertiary/aromatic N) is 1. The number of benzene rings is 1. The van der Waals surface area contributed by atoms with Gasteiger partial charge in [0.15, 0.2) is 0 Å². The number of aromatic nitrogens is 1. The molecule has 0 fully saturated rings. The maximum absolute atomic E-state index is 6.07. The lowest BCUT2D eigenvalue weighted by atomic mass is 10.2. The zero-order chi connectivity index (χ0) is 13.1. The molecule has 2 N–H and O–H groups in total. The minimum Gasteiger partial charge on any atom is -0.483 e. The summed E-state index contributed by atoms with van der Waals surface area (Å²) in [5.74, 6) is 0.828. The zero-order valence-electron chi connectivity index (χ0n) is 10.3. The van der Waals surface area contributed by atoms with Crippen LogP contribution in [0.2, 0.25) is 0 Å². The smallest absolute Gasteiger partial charge is 0.145 e. The molecule has 0 amide bonds. The van der Waals surface area contributed by atoms with Crippen LogP contribution in [0.4, 0.5) is 0 Å². The van der Waals surface area contributed by atoms with Crippen molar-refractivity contribution in [1.29, 1.82) is 0 Å². The van der Waals surface area contributed by atoms with E-state index in [1.807, 2.05) is 47.8 Å². The van der Waals surface area contributed by atoms with E-state index in [0.717, 1.165) is 21.5 Å². The summed E-state index contributed by atoms with van der Waals surface area (Å²) >= 11 is 1.66. The van der Waals surface area contributed by atoms with Gasteiger partial charge in [0.25, 0.3) is 0 Å². The molecular formula is C15H14N2OS. The van der Waals surface area contributed by atoms with Crippen molar-refractivity contribution in [3.8, 4) is 5.75 Å². The van der Waals surface area contributed by atoms with Crippen LogP contribution >= 0.6 is 11.3 Å². The van der Waals surface area contributed by atoms with E-state index < -0.39 is 0 Å². The molecule has 2 heterocycles. The number of nitrogens with two attached hydrogens (primary N) is 1. The fourth-order valence-electron chi connectivity index (χ4n) is 2.03. The first-order valence-corrected chi connectivity index (χ1v) is 7.00. The Hall–Kier alpha value is -1.91. The molecule has 0 saturated heterocycles. The second-order valence-electron chi connectivity index (χ2n) is 4.18. The molecule has 4 heteroatoms. The summed E-state index contributed by atoms with van der Waals surface area (Å²) < 4.78 is 6.07. The van der Waals surface area contributed by atoms with Gasteiger partial charge in [-0.15, -0.1) is 11.3 Å². The molecule has 3 rings (SSSR count). The van der Waals surface area contributed by atoms with Crippen LogP contribution in [-0.2, 0) is 0 Å². The molecule has 1 aromatic carbocycles. The normalized spacial score (nSPS) is 12.5. The molecule has 0 spiro atoms. The summed E-state index contributed by atoms with van der Waals surface area (Å²) in [4.78, 5) is 5.47. The largest absolute Gasteiger partial charge is 0.483 e. The van der Waals surface area contributed by atoms with Crippen molar-refractivity contribution in [2.24, 2.45) is 5.73 Å². The zero-order valence-corrected chi connectivity index (χ0v) is 11.1. The Balaban J connectivity index is 1.96. The van der Waals surface area contributed by atoms with Crippen molar-refractivity contribution in [3.05, 3.63) is 58.9 Å². The summed E-state index contributed by atoms with van der Waals surface area (Å²) in [7, 11) is 0. The second kappa shape index (κ2) is 5.38. The third kappa shape index (κ3) is 2.45. The van der Waals surface area contributed by atoms with E-state index in [4.69, 9.17) is 10.5 Å². The molecule has 0 saturated carbocycles. The van der Waals surface area contributed by atoms with Crippen LogP contribution in [0.1, 0.15) is 11.0 Å². The number of hydrogen-bond acceptors (Lipinski definition) is 4. The first kappa shape index (κ1) is 12.1. The quantitative estimate of drug-likeness (QED) is 0.790. The third-order valence-corrected chi connectivity index (χ3v) is 3.91. The summed E-state index contributed by atoms with van der Waals surface area (Å²) in [6.45, 7) is 0.456. The van der Waals surface area contributed by atoms with Crippen LogP contribution in [0, 0.1) is 0 Å². The molecule has 0 aliphatic heterocycles. The Labute approximate surface area is 115 Å². The van der Waals surface area contributed by atoms with Crippen LogP contribution in [-0.4, -0.2) is 11.5 Å². The van der Waals surface area contributed by atoms with Gasteiger partial charge in [-0.05, 0) is 35.7 Å². The maximum atomic E-state index is 6.07. The van der Waals surface area contributed by atoms with Crippen molar-refractivity contribution in [1.82, 2.24) is 4.98 Å². The van der Waals surface area contributed by atoms with Gasteiger partial charge in [-0.1, -0.05) is 12.1 Å². The molecule has 0 bridgehead atoms. The highest BCUT2D eigenvalue weighted by Gasteiger charge is 2.14. The molecule has 3 nitrogen and oxygen atoms in total. The molecule has 2 aromatic heterocycles. The van der Waals surface area contributed by atoms with Crippen molar-refractivity contribution >= 4 is 22.2 Å². The van der Waals surface area contributed by atoms with E-state index in [1.54, 1.807) is 17.5 Å². The SMILES string of the molecule is NCC(Oc1cccc2ncccc12)c1cccs1. The van der Waals surface area contributed by atoms with Gasteiger partial charge in [0, 0.05) is 23.0 Å². The Kier molecular flexibility index (Phi) is 3.44. The first-order valence-electron chi connectivity index (χ1n) is 6.12. The Morgan fingerprint density at radius 3 is 2.89 bits per heavy atom. The molecule has 3 aromatic rings. The second-order valence-corrected chi connectivity index (χ2v) is 5.16. The van der Waals surface area contributed by atoms with Gasteiger partial charge < -0.3 is 10.5 Å². The van der Waals surface area contributed by atoms with E-state index in [9.17, 15) is 0 Å². The predicted molar refractivity (Wildman–Crippen MR) is 78.5 cm³/mol. The first-order chi connectivity index (χ1) is 9.38. The molecule has 19 heavy (non-hydrogen) atoms. The van der Waals surface area contributed by atoms with Crippen LogP contribution in [0.3, 0.4) is 0 Å². The fraction of sp³-hybridized carbons (Fsp3) is 0.133. The van der Waals surface area contributed by atoms with Crippen LogP contribution in [0.15, 0.2) is 54.0 Å².